The molecular weight excluding hydrogens is 455 g/mol. The second-order valence-corrected chi connectivity index (χ2v) is 9.45. The Balaban J connectivity index is 1.51. The topological polar surface area (TPSA) is 69.8 Å². The van der Waals surface area contributed by atoms with Gasteiger partial charge >= 0.3 is 6.18 Å². The van der Waals surface area contributed by atoms with Crippen molar-refractivity contribution in [2.75, 3.05) is 32.4 Å². The van der Waals surface area contributed by atoms with Crippen LogP contribution in [-0.2, 0) is 17.3 Å². The van der Waals surface area contributed by atoms with E-state index in [-0.39, 0.29) is 6.54 Å². The molecule has 180 valence electrons. The van der Waals surface area contributed by atoms with E-state index in [2.05, 4.69) is 4.98 Å². The van der Waals surface area contributed by atoms with Crippen molar-refractivity contribution in [3.63, 3.8) is 0 Å². The molecule has 0 aliphatic carbocycles. The number of fused-ring (bicyclic) bond motifs is 1. The van der Waals surface area contributed by atoms with Crippen LogP contribution in [0.25, 0.3) is 11.0 Å². The van der Waals surface area contributed by atoms with Crippen LogP contribution in [-0.4, -0.2) is 62.7 Å². The van der Waals surface area contributed by atoms with Crippen LogP contribution in [0.1, 0.15) is 30.9 Å². The molecule has 2 atom stereocenters. The first-order chi connectivity index (χ1) is 15.7. The number of rotatable bonds is 11. The Morgan fingerprint density at radius 2 is 1.94 bits per heavy atom. The van der Waals surface area contributed by atoms with Crippen LogP contribution in [0, 0.1) is 0 Å². The summed E-state index contributed by atoms with van der Waals surface area (Å²) in [5.74, 6) is 0.720. The predicted molar refractivity (Wildman–Crippen MR) is 121 cm³/mol. The molecule has 6 nitrogen and oxygen atoms in total. The summed E-state index contributed by atoms with van der Waals surface area (Å²) in [5.41, 5.74) is 1.52. The summed E-state index contributed by atoms with van der Waals surface area (Å²) in [7, 11) is 0.481. The number of benzene rings is 1. The number of aliphatic hydroxyl groups is 1. The van der Waals surface area contributed by atoms with Crippen LogP contribution in [0.3, 0.4) is 0 Å². The first kappa shape index (κ1) is 25.4. The maximum Gasteiger partial charge on any atom is 0.401 e. The summed E-state index contributed by atoms with van der Waals surface area (Å²) in [6.45, 7) is 1.72. The van der Waals surface area contributed by atoms with Crippen molar-refractivity contribution >= 4 is 21.8 Å². The van der Waals surface area contributed by atoms with Gasteiger partial charge < -0.3 is 9.52 Å². The maximum atomic E-state index is 12.5. The molecule has 3 rings (SSSR count). The van der Waals surface area contributed by atoms with Gasteiger partial charge in [0.25, 0.3) is 0 Å². The molecule has 0 radical (unpaired) electrons. The van der Waals surface area contributed by atoms with Crippen molar-refractivity contribution in [2.45, 2.75) is 37.2 Å². The lowest BCUT2D eigenvalue weighted by Crippen LogP contribution is -2.35. The smallest absolute Gasteiger partial charge is 0.401 e. The molecule has 0 aliphatic heterocycles. The minimum Gasteiger partial charge on any atom is -0.455 e. The zero-order valence-corrected chi connectivity index (χ0v) is 19.4. The van der Waals surface area contributed by atoms with Gasteiger partial charge in [0, 0.05) is 28.8 Å². The molecule has 0 saturated heterocycles. The minimum absolute atomic E-state index is 0.250. The molecule has 0 aliphatic rings. The summed E-state index contributed by atoms with van der Waals surface area (Å²) < 4.78 is 55.8. The Bertz CT molecular complexity index is 1020. The van der Waals surface area contributed by atoms with Crippen LogP contribution < -0.4 is 0 Å². The van der Waals surface area contributed by atoms with Gasteiger partial charge in [-0.2, -0.15) is 13.2 Å². The fraction of sp³-hybridized carbons (Fsp3) is 0.435. The van der Waals surface area contributed by atoms with Gasteiger partial charge in [-0.05, 0) is 56.4 Å². The summed E-state index contributed by atoms with van der Waals surface area (Å²) in [4.78, 5) is 7.66. The summed E-state index contributed by atoms with van der Waals surface area (Å²) in [6, 6.07) is 10.8. The number of hydrogen-bond donors (Lipinski definition) is 1. The van der Waals surface area contributed by atoms with Crippen LogP contribution >= 0.6 is 0 Å². The van der Waals surface area contributed by atoms with Gasteiger partial charge in [0.05, 0.1) is 23.5 Å². The van der Waals surface area contributed by atoms with E-state index in [0.29, 0.717) is 41.5 Å². The zero-order valence-electron chi connectivity index (χ0n) is 18.6. The van der Waals surface area contributed by atoms with Crippen molar-refractivity contribution in [3.8, 4) is 0 Å². The second kappa shape index (κ2) is 11.2. The number of aromatic nitrogens is 1. The number of halogens is 3. The number of alkyl halides is 3. The Labute approximate surface area is 193 Å². The van der Waals surface area contributed by atoms with E-state index in [1.165, 1.54) is 4.90 Å². The molecule has 3 aromatic rings. The van der Waals surface area contributed by atoms with Crippen LogP contribution in [0.2, 0.25) is 0 Å². The Morgan fingerprint density at radius 1 is 1.21 bits per heavy atom. The monoisotopic (exact) mass is 483 g/mol. The molecule has 1 N–H and O–H groups in total. The highest BCUT2D eigenvalue weighted by atomic mass is 32.2. The zero-order chi connectivity index (χ0) is 24.0. The summed E-state index contributed by atoms with van der Waals surface area (Å²) in [6.07, 6.45) is -1.50. The molecule has 2 heterocycles. The molecule has 0 fully saturated rings. The number of aliphatic hydroxyl groups excluding tert-OH is 1. The lowest BCUT2D eigenvalue weighted by atomic mass is 10.2. The number of hydrogen-bond acceptors (Lipinski definition) is 6. The maximum absolute atomic E-state index is 12.5. The lowest BCUT2D eigenvalue weighted by Gasteiger charge is -2.22. The van der Waals surface area contributed by atoms with Crippen LogP contribution in [0.4, 0.5) is 13.2 Å². The SMILES string of the molecule is CCN(CCCS(=O)c1ccc(CN(C)C(O)c2cc3ccncc3o2)cc1)CC(F)(F)F. The van der Waals surface area contributed by atoms with Gasteiger partial charge in [-0.25, -0.2) is 0 Å². The van der Waals surface area contributed by atoms with Gasteiger partial charge in [-0.3, -0.25) is 19.0 Å². The van der Waals surface area contributed by atoms with E-state index in [9.17, 15) is 22.5 Å². The normalized spacial score (nSPS) is 14.3. The average molecular weight is 484 g/mol. The fourth-order valence-electron chi connectivity index (χ4n) is 3.51. The Hall–Kier alpha value is -2.27. The van der Waals surface area contributed by atoms with Gasteiger partial charge in [0.15, 0.2) is 11.8 Å². The van der Waals surface area contributed by atoms with Crippen molar-refractivity contribution in [1.82, 2.24) is 14.8 Å². The quantitative estimate of drug-likeness (QED) is 0.410. The van der Waals surface area contributed by atoms with E-state index in [1.807, 2.05) is 18.2 Å². The molecule has 0 amide bonds. The molecular formula is C23H28F3N3O3S. The van der Waals surface area contributed by atoms with E-state index in [0.717, 1.165) is 10.9 Å². The largest absolute Gasteiger partial charge is 0.455 e. The van der Waals surface area contributed by atoms with Gasteiger partial charge in [-0.1, -0.05) is 19.1 Å². The van der Waals surface area contributed by atoms with Crippen molar-refractivity contribution < 1.29 is 26.9 Å². The van der Waals surface area contributed by atoms with Crippen LogP contribution in [0.15, 0.2) is 58.1 Å². The van der Waals surface area contributed by atoms with E-state index >= 15 is 0 Å². The molecule has 0 saturated carbocycles. The highest BCUT2D eigenvalue weighted by molar-refractivity contribution is 7.85. The molecule has 33 heavy (non-hydrogen) atoms. The van der Waals surface area contributed by atoms with Crippen LogP contribution in [0.5, 0.6) is 0 Å². The number of furan rings is 1. The predicted octanol–water partition coefficient (Wildman–Crippen LogP) is 4.33. The summed E-state index contributed by atoms with van der Waals surface area (Å²) >= 11 is 0. The Kier molecular flexibility index (Phi) is 8.63. The molecule has 1 aromatic carbocycles. The minimum atomic E-state index is -4.23. The third-order valence-electron chi connectivity index (χ3n) is 5.29. The standard InChI is InChI=1S/C23H28F3N3O3S/c1-3-29(16-23(24,25)26)11-4-12-33(31)19-7-5-17(6-8-19)15-28(2)22(30)20-13-18-9-10-27-14-21(18)32-20/h5-10,13-14,22,30H,3-4,11-12,15-16H2,1-2H3. The third kappa shape index (κ3) is 7.36. The first-order valence-corrected chi connectivity index (χ1v) is 12.0. The second-order valence-electron chi connectivity index (χ2n) is 7.88. The third-order valence-corrected chi connectivity index (χ3v) is 6.74. The Morgan fingerprint density at radius 3 is 2.58 bits per heavy atom. The molecule has 0 spiro atoms. The average Bonchev–Trinajstić information content (AvgIpc) is 3.21. The fourth-order valence-corrected chi connectivity index (χ4v) is 4.58. The summed E-state index contributed by atoms with van der Waals surface area (Å²) in [5, 5.41) is 11.5. The van der Waals surface area contributed by atoms with Crippen molar-refractivity contribution in [2.24, 2.45) is 0 Å². The van der Waals surface area contributed by atoms with Crippen molar-refractivity contribution in [1.29, 1.82) is 0 Å². The van der Waals surface area contributed by atoms with E-state index in [1.54, 1.807) is 49.5 Å². The van der Waals surface area contributed by atoms with Crippen molar-refractivity contribution in [3.05, 3.63) is 60.1 Å². The number of nitrogens with zero attached hydrogens (tertiary/aromatic N) is 3. The first-order valence-electron chi connectivity index (χ1n) is 10.6. The lowest BCUT2D eigenvalue weighted by molar-refractivity contribution is -0.145. The molecule has 2 aromatic heterocycles. The molecule has 0 bridgehead atoms. The van der Waals surface area contributed by atoms with Gasteiger partial charge in [0.2, 0.25) is 0 Å². The van der Waals surface area contributed by atoms with E-state index in [4.69, 9.17) is 4.42 Å². The highest BCUT2D eigenvalue weighted by Crippen LogP contribution is 2.26. The molecule has 10 heteroatoms. The highest BCUT2D eigenvalue weighted by Gasteiger charge is 2.29. The van der Waals surface area contributed by atoms with Gasteiger partial charge in [-0.15, -0.1) is 0 Å². The number of pyridine rings is 1. The van der Waals surface area contributed by atoms with E-state index < -0.39 is 29.7 Å². The molecule has 2 unspecified atom stereocenters. The van der Waals surface area contributed by atoms with Gasteiger partial charge in [0.1, 0.15) is 5.76 Å².